The highest BCUT2D eigenvalue weighted by molar-refractivity contribution is 5.76. The highest BCUT2D eigenvalue weighted by Crippen LogP contribution is 2.19. The fourth-order valence-electron chi connectivity index (χ4n) is 2.03. The van der Waals surface area contributed by atoms with Crippen LogP contribution in [0.4, 0.5) is 13.2 Å². The van der Waals surface area contributed by atoms with Gasteiger partial charge in [-0.2, -0.15) is 0 Å². The van der Waals surface area contributed by atoms with Gasteiger partial charge in [-0.05, 0) is 24.1 Å². The molecule has 0 bridgehead atoms. The molecular formula is C14H15F3N4O2. The fraction of sp³-hybridized carbons (Fsp3) is 0.357. The molecule has 2 aromatic rings. The number of benzene rings is 1. The van der Waals surface area contributed by atoms with Gasteiger partial charge in [0.1, 0.15) is 0 Å². The highest BCUT2D eigenvalue weighted by Gasteiger charge is 2.18. The average molecular weight is 328 g/mol. The number of halogens is 3. The molecule has 0 saturated carbocycles. The standard InChI is InChI=1S/C14H15F3N4O2/c15-10-6-9(7-11(16)14(10)17)12(8-22)19-13(23)2-1-4-21-5-3-18-20-21/h3,5-7,12,22H,1-2,4,8H2,(H,19,23). The van der Waals surface area contributed by atoms with Crippen LogP contribution < -0.4 is 5.32 Å². The zero-order valence-corrected chi connectivity index (χ0v) is 12.0. The van der Waals surface area contributed by atoms with Crippen LogP contribution >= 0.6 is 0 Å². The van der Waals surface area contributed by atoms with Gasteiger partial charge in [0.2, 0.25) is 5.91 Å². The third kappa shape index (κ3) is 4.52. The first-order chi connectivity index (χ1) is 11.0. The lowest BCUT2D eigenvalue weighted by Gasteiger charge is -2.17. The minimum atomic E-state index is -1.59. The Morgan fingerprint density at radius 1 is 1.30 bits per heavy atom. The Kier molecular flexibility index (Phi) is 5.69. The van der Waals surface area contributed by atoms with E-state index in [-0.39, 0.29) is 12.0 Å². The molecule has 0 aliphatic carbocycles. The summed E-state index contributed by atoms with van der Waals surface area (Å²) in [5.74, 6) is -4.75. The molecule has 1 aromatic carbocycles. The molecule has 0 aliphatic rings. The van der Waals surface area contributed by atoms with Crippen molar-refractivity contribution in [2.45, 2.75) is 25.4 Å². The van der Waals surface area contributed by atoms with Crippen LogP contribution in [0.3, 0.4) is 0 Å². The number of hydrogen-bond acceptors (Lipinski definition) is 4. The summed E-state index contributed by atoms with van der Waals surface area (Å²) in [6, 6.07) is 0.475. The maximum absolute atomic E-state index is 13.2. The molecule has 1 aromatic heterocycles. The molecule has 1 atom stereocenters. The second-order valence-electron chi connectivity index (χ2n) is 4.87. The van der Waals surface area contributed by atoms with Gasteiger partial charge >= 0.3 is 0 Å². The summed E-state index contributed by atoms with van der Waals surface area (Å²) in [4.78, 5) is 11.8. The second kappa shape index (κ2) is 7.73. The van der Waals surface area contributed by atoms with E-state index in [4.69, 9.17) is 0 Å². The van der Waals surface area contributed by atoms with Crippen molar-refractivity contribution in [3.05, 3.63) is 47.5 Å². The number of nitrogens with one attached hydrogen (secondary N) is 1. The van der Waals surface area contributed by atoms with Gasteiger partial charge in [0, 0.05) is 19.2 Å². The predicted octanol–water partition coefficient (Wildman–Crippen LogP) is 1.33. The molecule has 1 heterocycles. The van der Waals surface area contributed by atoms with Crippen LogP contribution in [0.5, 0.6) is 0 Å². The molecule has 0 aliphatic heterocycles. The number of amides is 1. The SMILES string of the molecule is O=C(CCCn1ccnn1)NC(CO)c1cc(F)c(F)c(F)c1. The van der Waals surface area contributed by atoms with Crippen molar-refractivity contribution in [3.63, 3.8) is 0 Å². The molecule has 0 spiro atoms. The zero-order chi connectivity index (χ0) is 16.8. The Morgan fingerprint density at radius 2 is 2.00 bits per heavy atom. The molecule has 9 heteroatoms. The van der Waals surface area contributed by atoms with Gasteiger partial charge in [-0.25, -0.2) is 13.2 Å². The average Bonchev–Trinajstić information content (AvgIpc) is 3.03. The fourth-order valence-corrected chi connectivity index (χ4v) is 2.03. The predicted molar refractivity (Wildman–Crippen MR) is 73.5 cm³/mol. The topological polar surface area (TPSA) is 80.0 Å². The van der Waals surface area contributed by atoms with Crippen molar-refractivity contribution in [1.29, 1.82) is 0 Å². The third-order valence-electron chi connectivity index (χ3n) is 3.19. The number of aromatic nitrogens is 3. The van der Waals surface area contributed by atoms with E-state index in [1.165, 1.54) is 6.20 Å². The van der Waals surface area contributed by atoms with E-state index in [1.54, 1.807) is 10.9 Å². The van der Waals surface area contributed by atoms with Crippen LogP contribution in [0, 0.1) is 17.5 Å². The van der Waals surface area contributed by atoms with Gasteiger partial charge in [-0.3, -0.25) is 9.48 Å². The van der Waals surface area contributed by atoms with Crippen molar-refractivity contribution < 1.29 is 23.1 Å². The first-order valence-electron chi connectivity index (χ1n) is 6.90. The Balaban J connectivity index is 1.92. The summed E-state index contributed by atoms with van der Waals surface area (Å²) < 4.78 is 40.9. The van der Waals surface area contributed by atoms with Gasteiger partial charge in [0.15, 0.2) is 17.5 Å². The Hall–Kier alpha value is -2.42. The number of carbonyl (C=O) groups excluding carboxylic acids is 1. The highest BCUT2D eigenvalue weighted by atomic mass is 19.2. The smallest absolute Gasteiger partial charge is 0.220 e. The number of aliphatic hydroxyl groups is 1. The molecule has 2 rings (SSSR count). The van der Waals surface area contributed by atoms with Crippen LogP contribution in [0.2, 0.25) is 0 Å². The molecule has 2 N–H and O–H groups in total. The lowest BCUT2D eigenvalue weighted by Crippen LogP contribution is -2.31. The monoisotopic (exact) mass is 328 g/mol. The largest absolute Gasteiger partial charge is 0.394 e. The summed E-state index contributed by atoms with van der Waals surface area (Å²) in [5.41, 5.74) is -0.0477. The van der Waals surface area contributed by atoms with Crippen molar-refractivity contribution >= 4 is 5.91 Å². The van der Waals surface area contributed by atoms with Crippen LogP contribution in [-0.4, -0.2) is 32.6 Å². The zero-order valence-electron chi connectivity index (χ0n) is 12.0. The van der Waals surface area contributed by atoms with E-state index in [2.05, 4.69) is 15.6 Å². The second-order valence-corrected chi connectivity index (χ2v) is 4.87. The molecule has 0 fully saturated rings. The van der Waals surface area contributed by atoms with Crippen LogP contribution in [0.25, 0.3) is 0 Å². The Labute approximate surface area is 129 Å². The van der Waals surface area contributed by atoms with Gasteiger partial charge in [0.25, 0.3) is 0 Å². The van der Waals surface area contributed by atoms with Crippen molar-refractivity contribution in [2.24, 2.45) is 0 Å². The van der Waals surface area contributed by atoms with E-state index in [0.29, 0.717) is 13.0 Å². The summed E-state index contributed by atoms with van der Waals surface area (Å²) in [5, 5.41) is 19.1. The molecule has 1 unspecified atom stereocenters. The molecule has 6 nitrogen and oxygen atoms in total. The van der Waals surface area contributed by atoms with Gasteiger partial charge in [-0.15, -0.1) is 5.10 Å². The number of hydrogen-bond donors (Lipinski definition) is 2. The van der Waals surface area contributed by atoms with Crippen LogP contribution in [0.1, 0.15) is 24.4 Å². The molecular weight excluding hydrogens is 313 g/mol. The molecule has 23 heavy (non-hydrogen) atoms. The maximum Gasteiger partial charge on any atom is 0.220 e. The molecule has 1 amide bonds. The minimum absolute atomic E-state index is 0.0477. The number of aryl methyl sites for hydroxylation is 1. The number of carbonyl (C=O) groups is 1. The van der Waals surface area contributed by atoms with E-state index in [0.717, 1.165) is 12.1 Å². The quantitative estimate of drug-likeness (QED) is 0.752. The molecule has 0 radical (unpaired) electrons. The lowest BCUT2D eigenvalue weighted by molar-refractivity contribution is -0.122. The molecule has 0 saturated heterocycles. The molecule has 124 valence electrons. The van der Waals surface area contributed by atoms with Crippen molar-refractivity contribution in [1.82, 2.24) is 20.3 Å². The summed E-state index contributed by atoms with van der Waals surface area (Å²) >= 11 is 0. The van der Waals surface area contributed by atoms with Crippen LogP contribution in [-0.2, 0) is 11.3 Å². The van der Waals surface area contributed by atoms with Crippen molar-refractivity contribution in [3.8, 4) is 0 Å². The lowest BCUT2D eigenvalue weighted by atomic mass is 10.1. The summed E-state index contributed by atoms with van der Waals surface area (Å²) in [6.07, 6.45) is 3.76. The van der Waals surface area contributed by atoms with Crippen molar-refractivity contribution in [2.75, 3.05) is 6.61 Å². The Morgan fingerprint density at radius 3 is 2.57 bits per heavy atom. The van der Waals surface area contributed by atoms with Gasteiger partial charge in [0.05, 0.1) is 18.8 Å². The van der Waals surface area contributed by atoms with Crippen LogP contribution in [0.15, 0.2) is 24.5 Å². The first-order valence-corrected chi connectivity index (χ1v) is 6.90. The third-order valence-corrected chi connectivity index (χ3v) is 3.19. The summed E-state index contributed by atoms with van der Waals surface area (Å²) in [6.45, 7) is -0.0870. The number of rotatable bonds is 7. The van der Waals surface area contributed by atoms with E-state index < -0.39 is 36.0 Å². The normalized spacial score (nSPS) is 12.2. The maximum atomic E-state index is 13.2. The van der Waals surface area contributed by atoms with E-state index in [9.17, 15) is 23.1 Å². The number of aliphatic hydroxyl groups excluding tert-OH is 1. The van der Waals surface area contributed by atoms with E-state index >= 15 is 0 Å². The number of nitrogens with zero attached hydrogens (tertiary/aromatic N) is 3. The van der Waals surface area contributed by atoms with E-state index in [1.807, 2.05) is 0 Å². The minimum Gasteiger partial charge on any atom is -0.394 e. The van der Waals surface area contributed by atoms with Gasteiger partial charge < -0.3 is 10.4 Å². The first kappa shape index (κ1) is 16.9. The van der Waals surface area contributed by atoms with Gasteiger partial charge in [-0.1, -0.05) is 5.21 Å². The summed E-state index contributed by atoms with van der Waals surface area (Å²) in [7, 11) is 0. The Bertz CT molecular complexity index is 641.